The fourth-order valence-electron chi connectivity index (χ4n) is 7.82. The number of aromatic nitrogens is 3. The Balaban J connectivity index is 1.03. The smallest absolute Gasteiger partial charge is 0.164 e. The number of hydrogen-bond acceptors (Lipinski definition) is 3. The average Bonchev–Trinajstić information content (AvgIpc) is 3.32. The predicted molar refractivity (Wildman–Crippen MR) is 241 cm³/mol. The molecule has 272 valence electrons. The monoisotopic (exact) mass is 739 g/mol. The van der Waals surface area contributed by atoms with Gasteiger partial charge in [-0.15, -0.1) is 0 Å². The maximum Gasteiger partial charge on any atom is 0.164 e. The number of benzene rings is 9. The molecule has 0 amide bonds. The van der Waals surface area contributed by atoms with Crippen molar-refractivity contribution in [2.24, 2.45) is 0 Å². The summed E-state index contributed by atoms with van der Waals surface area (Å²) in [4.78, 5) is 14.7. The number of rotatable bonds is 8. The Morgan fingerprint density at radius 2 is 0.569 bits per heavy atom. The highest BCUT2D eigenvalue weighted by Crippen LogP contribution is 2.40. The van der Waals surface area contributed by atoms with Crippen LogP contribution in [0.2, 0.25) is 0 Å². The van der Waals surface area contributed by atoms with E-state index < -0.39 is 0 Å². The van der Waals surface area contributed by atoms with Crippen molar-refractivity contribution in [3.05, 3.63) is 224 Å². The molecule has 0 aliphatic heterocycles. The molecule has 58 heavy (non-hydrogen) atoms. The van der Waals surface area contributed by atoms with E-state index in [1.54, 1.807) is 0 Å². The molecule has 0 saturated carbocycles. The van der Waals surface area contributed by atoms with Crippen LogP contribution in [0.15, 0.2) is 224 Å². The molecule has 0 fully saturated rings. The van der Waals surface area contributed by atoms with E-state index in [0.717, 1.165) is 33.4 Å². The van der Waals surface area contributed by atoms with Crippen LogP contribution in [-0.2, 0) is 0 Å². The molecule has 0 N–H and O–H groups in total. The molecule has 10 rings (SSSR count). The SMILES string of the molecule is c1ccc(-c2cc(-c3ccccc3-c3cccc(-c4ccc(-c5nc(-c6ccccc6)nc(-c6ccccc6)n5)cc4)c3)cc(-c3cccc4ccccc34)c2)cc1. The third-order valence-electron chi connectivity index (χ3n) is 10.7. The van der Waals surface area contributed by atoms with Crippen LogP contribution in [0.5, 0.6) is 0 Å². The maximum atomic E-state index is 4.94. The standard InChI is InChI=1S/C55H37N3/c1-4-16-38(17-5-1)46-35-47(37-48(36-46)52-29-15-23-40-18-10-11-26-49(40)52)51-28-13-12-27-50(51)45-25-14-24-44(34-45)39-30-32-43(33-31-39)55-57-53(41-19-6-2-7-20-41)56-54(58-55)42-21-8-3-9-22-42/h1-37H. The van der Waals surface area contributed by atoms with Crippen molar-refractivity contribution in [3.63, 3.8) is 0 Å². The fraction of sp³-hybridized carbons (Fsp3) is 0. The molecule has 0 atom stereocenters. The lowest BCUT2D eigenvalue weighted by molar-refractivity contribution is 1.07. The van der Waals surface area contributed by atoms with Gasteiger partial charge in [0.2, 0.25) is 0 Å². The molecule has 0 spiro atoms. The molecular weight excluding hydrogens is 703 g/mol. The van der Waals surface area contributed by atoms with Gasteiger partial charge >= 0.3 is 0 Å². The van der Waals surface area contributed by atoms with E-state index in [-0.39, 0.29) is 0 Å². The number of nitrogens with zero attached hydrogens (tertiary/aromatic N) is 3. The average molecular weight is 740 g/mol. The van der Waals surface area contributed by atoms with Gasteiger partial charge in [-0.3, -0.25) is 0 Å². The van der Waals surface area contributed by atoms with Crippen LogP contribution in [0.25, 0.3) is 101 Å². The minimum Gasteiger partial charge on any atom is -0.208 e. The summed E-state index contributed by atoms with van der Waals surface area (Å²) in [6.45, 7) is 0. The molecule has 9 aromatic carbocycles. The number of hydrogen-bond donors (Lipinski definition) is 0. The zero-order valence-electron chi connectivity index (χ0n) is 31.7. The number of fused-ring (bicyclic) bond motifs is 1. The van der Waals surface area contributed by atoms with E-state index in [4.69, 9.17) is 15.0 Å². The predicted octanol–water partition coefficient (Wildman–Crippen LogP) is 14.4. The van der Waals surface area contributed by atoms with E-state index >= 15 is 0 Å². The Labute approximate surface area is 338 Å². The summed E-state index contributed by atoms with van der Waals surface area (Å²) in [5, 5.41) is 2.48. The van der Waals surface area contributed by atoms with Gasteiger partial charge in [0.1, 0.15) is 0 Å². The van der Waals surface area contributed by atoms with Crippen LogP contribution < -0.4 is 0 Å². The van der Waals surface area contributed by atoms with Crippen LogP contribution in [0, 0.1) is 0 Å². The third-order valence-corrected chi connectivity index (χ3v) is 10.7. The van der Waals surface area contributed by atoms with Crippen LogP contribution in [-0.4, -0.2) is 15.0 Å². The third kappa shape index (κ3) is 6.98. The molecule has 0 saturated heterocycles. The first-order valence-corrected chi connectivity index (χ1v) is 19.6. The van der Waals surface area contributed by atoms with Crippen molar-refractivity contribution in [2.45, 2.75) is 0 Å². The summed E-state index contributed by atoms with van der Waals surface area (Å²) in [6, 6.07) is 79.2. The van der Waals surface area contributed by atoms with Gasteiger partial charge in [-0.2, -0.15) is 0 Å². The van der Waals surface area contributed by atoms with Gasteiger partial charge in [-0.05, 0) is 90.7 Å². The van der Waals surface area contributed by atoms with Crippen molar-refractivity contribution in [1.82, 2.24) is 15.0 Å². The molecule has 3 heteroatoms. The van der Waals surface area contributed by atoms with Crippen molar-refractivity contribution in [1.29, 1.82) is 0 Å². The quantitative estimate of drug-likeness (QED) is 0.156. The Morgan fingerprint density at radius 3 is 1.21 bits per heavy atom. The van der Waals surface area contributed by atoms with E-state index in [1.165, 1.54) is 49.7 Å². The first-order chi connectivity index (χ1) is 28.7. The van der Waals surface area contributed by atoms with E-state index in [9.17, 15) is 0 Å². The molecule has 0 aliphatic rings. The summed E-state index contributed by atoms with van der Waals surface area (Å²) in [5.74, 6) is 1.94. The molecule has 0 aliphatic carbocycles. The topological polar surface area (TPSA) is 38.7 Å². The fourth-order valence-corrected chi connectivity index (χ4v) is 7.82. The molecular formula is C55H37N3. The maximum absolute atomic E-state index is 4.94. The Morgan fingerprint density at radius 1 is 0.207 bits per heavy atom. The highest BCUT2D eigenvalue weighted by molar-refractivity contribution is 5.99. The summed E-state index contributed by atoms with van der Waals surface area (Å²) < 4.78 is 0. The highest BCUT2D eigenvalue weighted by atomic mass is 15.0. The zero-order valence-corrected chi connectivity index (χ0v) is 31.7. The van der Waals surface area contributed by atoms with Gasteiger partial charge in [-0.1, -0.05) is 200 Å². The van der Waals surface area contributed by atoms with Crippen LogP contribution >= 0.6 is 0 Å². The minimum atomic E-state index is 0.641. The Hall–Kier alpha value is -7.75. The van der Waals surface area contributed by atoms with Crippen LogP contribution in [0.4, 0.5) is 0 Å². The summed E-state index contributed by atoms with van der Waals surface area (Å²) in [5.41, 5.74) is 14.6. The van der Waals surface area contributed by atoms with Crippen LogP contribution in [0.3, 0.4) is 0 Å². The van der Waals surface area contributed by atoms with Crippen LogP contribution in [0.1, 0.15) is 0 Å². The van der Waals surface area contributed by atoms with E-state index in [2.05, 4.69) is 164 Å². The van der Waals surface area contributed by atoms with Gasteiger partial charge in [0.15, 0.2) is 17.5 Å². The molecule has 10 aromatic rings. The van der Waals surface area contributed by atoms with E-state index in [0.29, 0.717) is 17.5 Å². The minimum absolute atomic E-state index is 0.641. The van der Waals surface area contributed by atoms with Gasteiger partial charge in [0, 0.05) is 16.7 Å². The summed E-state index contributed by atoms with van der Waals surface area (Å²) >= 11 is 0. The lowest BCUT2D eigenvalue weighted by Gasteiger charge is -2.16. The lowest BCUT2D eigenvalue weighted by atomic mass is 9.88. The Bertz CT molecular complexity index is 2970. The van der Waals surface area contributed by atoms with Crippen molar-refractivity contribution < 1.29 is 0 Å². The summed E-state index contributed by atoms with van der Waals surface area (Å²) in [7, 11) is 0. The summed E-state index contributed by atoms with van der Waals surface area (Å²) in [6.07, 6.45) is 0. The zero-order chi connectivity index (χ0) is 38.7. The van der Waals surface area contributed by atoms with Crippen molar-refractivity contribution in [2.75, 3.05) is 0 Å². The molecule has 0 unspecified atom stereocenters. The highest BCUT2D eigenvalue weighted by Gasteiger charge is 2.15. The second-order valence-electron chi connectivity index (χ2n) is 14.4. The van der Waals surface area contributed by atoms with Crippen molar-refractivity contribution >= 4 is 10.8 Å². The van der Waals surface area contributed by atoms with Crippen molar-refractivity contribution in [3.8, 4) is 89.8 Å². The molecule has 1 heterocycles. The van der Waals surface area contributed by atoms with Gasteiger partial charge < -0.3 is 0 Å². The Kier molecular flexibility index (Phi) is 9.23. The van der Waals surface area contributed by atoms with Gasteiger partial charge in [0.05, 0.1) is 0 Å². The molecule has 3 nitrogen and oxygen atoms in total. The molecule has 0 bridgehead atoms. The largest absolute Gasteiger partial charge is 0.208 e. The van der Waals surface area contributed by atoms with Gasteiger partial charge in [-0.25, -0.2) is 15.0 Å². The van der Waals surface area contributed by atoms with Gasteiger partial charge in [0.25, 0.3) is 0 Å². The molecule has 1 aromatic heterocycles. The second kappa shape index (κ2) is 15.4. The second-order valence-corrected chi connectivity index (χ2v) is 14.4. The molecule has 0 radical (unpaired) electrons. The first-order valence-electron chi connectivity index (χ1n) is 19.6. The lowest BCUT2D eigenvalue weighted by Crippen LogP contribution is -2.00. The van der Waals surface area contributed by atoms with E-state index in [1.807, 2.05) is 60.7 Å². The normalized spacial score (nSPS) is 11.1. The first kappa shape index (κ1) is 34.7.